The minimum Gasteiger partial charge on any atom is -0.491 e. The van der Waals surface area contributed by atoms with E-state index in [-0.39, 0.29) is 24.0 Å². The quantitative estimate of drug-likeness (QED) is 0.828. The molecule has 0 spiro atoms. The van der Waals surface area contributed by atoms with Crippen molar-refractivity contribution in [3.8, 4) is 5.75 Å². The summed E-state index contributed by atoms with van der Waals surface area (Å²) in [5.74, 6) is 0.647. The van der Waals surface area contributed by atoms with Gasteiger partial charge < -0.3 is 20.1 Å². The smallest absolute Gasteiger partial charge is 0.251 e. The van der Waals surface area contributed by atoms with Crippen LogP contribution >= 0.6 is 0 Å². The molecule has 2 N–H and O–H groups in total. The fourth-order valence-electron chi connectivity index (χ4n) is 2.82. The molecular formula is C17H22N2O4. The highest BCUT2D eigenvalue weighted by molar-refractivity contribution is 5.94. The molecule has 23 heavy (non-hydrogen) atoms. The van der Waals surface area contributed by atoms with Gasteiger partial charge in [0.2, 0.25) is 5.91 Å². The first kappa shape index (κ1) is 15.8. The lowest BCUT2D eigenvalue weighted by Crippen LogP contribution is -2.38. The second-order valence-electron chi connectivity index (χ2n) is 5.98. The van der Waals surface area contributed by atoms with Crippen LogP contribution in [0.4, 0.5) is 0 Å². The average Bonchev–Trinajstić information content (AvgIpc) is 3.22. The summed E-state index contributed by atoms with van der Waals surface area (Å²) >= 11 is 0. The Bertz CT molecular complexity index is 552. The molecule has 2 aliphatic rings. The molecule has 0 radical (unpaired) electrons. The van der Waals surface area contributed by atoms with E-state index < -0.39 is 0 Å². The summed E-state index contributed by atoms with van der Waals surface area (Å²) in [6, 6.07) is 7.11. The number of carbonyl (C=O) groups excluding carboxylic acids is 2. The lowest BCUT2D eigenvalue weighted by Gasteiger charge is -2.13. The number of rotatable bonds is 6. The standard InChI is InChI=1S/C17H22N2O4/c20-16-8-5-13(19-16)10-18-17(21)12-3-6-14(7-4-12)23-11-15-2-1-9-22-15/h3-4,6-7,13,15H,1-2,5,8-11H2,(H,18,21)(H,19,20)/t13-,15-/m0/s1. The van der Waals surface area contributed by atoms with E-state index in [2.05, 4.69) is 10.6 Å². The zero-order valence-corrected chi connectivity index (χ0v) is 13.0. The van der Waals surface area contributed by atoms with Gasteiger partial charge in [0, 0.05) is 31.2 Å². The molecule has 124 valence electrons. The summed E-state index contributed by atoms with van der Waals surface area (Å²) in [7, 11) is 0. The van der Waals surface area contributed by atoms with Crippen LogP contribution in [0, 0.1) is 0 Å². The van der Waals surface area contributed by atoms with Crippen LogP contribution in [-0.4, -0.2) is 43.7 Å². The molecule has 2 fully saturated rings. The van der Waals surface area contributed by atoms with Crippen molar-refractivity contribution in [3.05, 3.63) is 29.8 Å². The Morgan fingerprint density at radius 1 is 1.30 bits per heavy atom. The molecular weight excluding hydrogens is 296 g/mol. The van der Waals surface area contributed by atoms with Crippen molar-refractivity contribution in [2.75, 3.05) is 19.8 Å². The molecule has 6 heteroatoms. The lowest BCUT2D eigenvalue weighted by molar-refractivity contribution is -0.119. The molecule has 1 aromatic rings. The van der Waals surface area contributed by atoms with E-state index in [0.717, 1.165) is 31.6 Å². The summed E-state index contributed by atoms with van der Waals surface area (Å²) in [5.41, 5.74) is 0.582. The third-order valence-corrected chi connectivity index (χ3v) is 4.17. The maximum absolute atomic E-state index is 12.1. The number of nitrogens with one attached hydrogen (secondary N) is 2. The number of carbonyl (C=O) groups is 2. The third-order valence-electron chi connectivity index (χ3n) is 4.17. The first-order chi connectivity index (χ1) is 11.2. The lowest BCUT2D eigenvalue weighted by atomic mass is 10.2. The fraction of sp³-hybridized carbons (Fsp3) is 0.529. The Morgan fingerprint density at radius 2 is 2.13 bits per heavy atom. The van der Waals surface area contributed by atoms with Crippen LogP contribution in [0.25, 0.3) is 0 Å². The predicted molar refractivity (Wildman–Crippen MR) is 84.4 cm³/mol. The highest BCUT2D eigenvalue weighted by atomic mass is 16.5. The van der Waals surface area contributed by atoms with Gasteiger partial charge in [-0.3, -0.25) is 9.59 Å². The summed E-state index contributed by atoms with van der Waals surface area (Å²) in [4.78, 5) is 23.2. The molecule has 1 aromatic carbocycles. The Morgan fingerprint density at radius 3 is 2.78 bits per heavy atom. The Labute approximate surface area is 135 Å². The van der Waals surface area contributed by atoms with Gasteiger partial charge in [-0.1, -0.05) is 0 Å². The highest BCUT2D eigenvalue weighted by Crippen LogP contribution is 2.16. The molecule has 6 nitrogen and oxygen atoms in total. The zero-order chi connectivity index (χ0) is 16.1. The minimum atomic E-state index is -0.142. The van der Waals surface area contributed by atoms with Crippen molar-refractivity contribution in [2.24, 2.45) is 0 Å². The maximum atomic E-state index is 12.1. The van der Waals surface area contributed by atoms with Crippen molar-refractivity contribution in [2.45, 2.75) is 37.8 Å². The minimum absolute atomic E-state index is 0.0421. The molecule has 2 amide bonds. The van der Waals surface area contributed by atoms with Crippen LogP contribution in [-0.2, 0) is 9.53 Å². The van der Waals surface area contributed by atoms with E-state index in [0.29, 0.717) is 25.1 Å². The van der Waals surface area contributed by atoms with Crippen LogP contribution in [0.5, 0.6) is 5.75 Å². The normalized spacial score (nSPS) is 23.6. The van der Waals surface area contributed by atoms with Crippen LogP contribution < -0.4 is 15.4 Å². The number of hydrogen-bond acceptors (Lipinski definition) is 4. The molecule has 2 atom stereocenters. The van der Waals surface area contributed by atoms with Crippen molar-refractivity contribution >= 4 is 11.8 Å². The van der Waals surface area contributed by atoms with E-state index in [1.807, 2.05) is 0 Å². The largest absolute Gasteiger partial charge is 0.491 e. The van der Waals surface area contributed by atoms with Crippen LogP contribution in [0.2, 0.25) is 0 Å². The van der Waals surface area contributed by atoms with Gasteiger partial charge in [0.25, 0.3) is 5.91 Å². The monoisotopic (exact) mass is 318 g/mol. The van der Waals surface area contributed by atoms with E-state index in [4.69, 9.17) is 9.47 Å². The first-order valence-corrected chi connectivity index (χ1v) is 8.13. The van der Waals surface area contributed by atoms with Crippen molar-refractivity contribution in [3.63, 3.8) is 0 Å². The zero-order valence-electron chi connectivity index (χ0n) is 13.0. The van der Waals surface area contributed by atoms with Crippen molar-refractivity contribution < 1.29 is 19.1 Å². The fourth-order valence-corrected chi connectivity index (χ4v) is 2.82. The van der Waals surface area contributed by atoms with Gasteiger partial charge in [0.05, 0.1) is 6.10 Å². The molecule has 3 rings (SSSR count). The summed E-state index contributed by atoms with van der Waals surface area (Å²) in [6.07, 6.45) is 3.62. The van der Waals surface area contributed by atoms with E-state index in [9.17, 15) is 9.59 Å². The Balaban J connectivity index is 1.44. The van der Waals surface area contributed by atoms with Gasteiger partial charge in [-0.05, 0) is 43.5 Å². The average molecular weight is 318 g/mol. The molecule has 0 aromatic heterocycles. The number of amides is 2. The summed E-state index contributed by atoms with van der Waals surface area (Å²) in [5, 5.41) is 5.67. The second kappa shape index (κ2) is 7.46. The summed E-state index contributed by atoms with van der Waals surface area (Å²) < 4.78 is 11.2. The van der Waals surface area contributed by atoms with E-state index in [1.54, 1.807) is 24.3 Å². The maximum Gasteiger partial charge on any atom is 0.251 e. The molecule has 2 heterocycles. The predicted octanol–water partition coefficient (Wildman–Crippen LogP) is 1.25. The van der Waals surface area contributed by atoms with Crippen LogP contribution in [0.15, 0.2) is 24.3 Å². The Kier molecular flexibility index (Phi) is 5.12. The van der Waals surface area contributed by atoms with Gasteiger partial charge in [-0.2, -0.15) is 0 Å². The van der Waals surface area contributed by atoms with Crippen molar-refractivity contribution in [1.82, 2.24) is 10.6 Å². The topological polar surface area (TPSA) is 76.7 Å². The molecule has 2 aliphatic heterocycles. The second-order valence-corrected chi connectivity index (χ2v) is 5.98. The number of benzene rings is 1. The SMILES string of the molecule is O=C1CC[C@@H](CNC(=O)c2ccc(OC[C@@H]3CCCO3)cc2)N1. The van der Waals surface area contributed by atoms with Gasteiger partial charge in [-0.15, -0.1) is 0 Å². The van der Waals surface area contributed by atoms with Gasteiger partial charge in [0.15, 0.2) is 0 Å². The Hall–Kier alpha value is -2.08. The highest BCUT2D eigenvalue weighted by Gasteiger charge is 2.21. The number of hydrogen-bond donors (Lipinski definition) is 2. The molecule has 2 saturated heterocycles. The number of ether oxygens (including phenoxy) is 2. The first-order valence-electron chi connectivity index (χ1n) is 8.13. The van der Waals surface area contributed by atoms with E-state index >= 15 is 0 Å². The van der Waals surface area contributed by atoms with Crippen molar-refractivity contribution in [1.29, 1.82) is 0 Å². The van der Waals surface area contributed by atoms with Gasteiger partial charge >= 0.3 is 0 Å². The molecule has 0 saturated carbocycles. The molecule has 0 unspecified atom stereocenters. The van der Waals surface area contributed by atoms with Gasteiger partial charge in [0.1, 0.15) is 12.4 Å². The van der Waals surface area contributed by atoms with Crippen LogP contribution in [0.1, 0.15) is 36.0 Å². The molecule has 0 aliphatic carbocycles. The third kappa shape index (κ3) is 4.45. The molecule has 0 bridgehead atoms. The van der Waals surface area contributed by atoms with Gasteiger partial charge in [-0.25, -0.2) is 0 Å². The van der Waals surface area contributed by atoms with Crippen LogP contribution in [0.3, 0.4) is 0 Å². The van der Waals surface area contributed by atoms with E-state index in [1.165, 1.54) is 0 Å². The summed E-state index contributed by atoms with van der Waals surface area (Å²) in [6.45, 7) is 1.82.